The van der Waals surface area contributed by atoms with Crippen LogP contribution in [0.3, 0.4) is 0 Å². The van der Waals surface area contributed by atoms with Crippen molar-refractivity contribution in [2.45, 2.75) is 374 Å². The Balaban J connectivity index is -0.000000702. The van der Waals surface area contributed by atoms with Crippen molar-refractivity contribution >= 4 is 81.2 Å². The molecule has 1 aromatic rings. The van der Waals surface area contributed by atoms with E-state index in [4.69, 9.17) is 0 Å². The number of nitrogens with one attached hydrogen (secondary N) is 6. The number of hydrogen-bond acceptors (Lipinski definition) is 20. The van der Waals surface area contributed by atoms with Crippen LogP contribution in [-0.2, 0) is 64.0 Å². The molecule has 0 spiro atoms. The second kappa shape index (κ2) is 63.8. The highest BCUT2D eigenvalue weighted by Crippen LogP contribution is 2.22. The summed E-state index contributed by atoms with van der Waals surface area (Å²) in [5.41, 5.74) is 2.42. The van der Waals surface area contributed by atoms with Gasteiger partial charge in [0.25, 0.3) is 0 Å². The zero-order valence-corrected chi connectivity index (χ0v) is 81.8. The molecule has 0 saturated heterocycles. The van der Waals surface area contributed by atoms with Crippen LogP contribution in [0.2, 0.25) is 0 Å². The highest BCUT2D eigenvalue weighted by molar-refractivity contribution is 6.03. The number of carbonyl (C=O) groups excluding carboxylic acids is 14. The third-order valence-electron chi connectivity index (χ3n) is 19.9. The number of nitrogens with zero attached hydrogens (tertiary/aromatic N) is 2. The highest BCUT2D eigenvalue weighted by atomic mass is 16.2. The molecular weight excluding hydrogens is 1500 g/mol. The molecule has 1 rings (SSSR count). The van der Waals surface area contributed by atoms with Crippen LogP contribution in [0.25, 0.3) is 0 Å². The van der Waals surface area contributed by atoms with Crippen LogP contribution in [0.5, 0.6) is 0 Å². The summed E-state index contributed by atoms with van der Waals surface area (Å²) < 4.78 is 0. The standard InChI is InChI=1S/C22H40N2O4.C22H42N2O3.C21H38N2O4.C18H26O2.C14H30N2O/c1-13(2)19(25)11-9-18(22(28)15(5)6)24-20(26)12-10-17(23-16(7)8)21(27)14(3)4;1-15(2)20(25)13-24(14-21(26)16(3)4)19(22(27)17(5)6)11-9-10-12-23-18(7)8;1-13(2)18(24)11-23(12-19(25)14(3)4)10-9-17(20(26)15(5)6)22-21(27)16(7)8;1-11(2)7-14-8-15(17(19)12(3)4)10-16(9-14)18(20)13(5)6;1-10(2)14(17)13(16-12(5)6)8-7-9-15-11(3)4/h13-18,23H,9-12H2,1-8H3,(H,24,26);15-19,23H,9-14H2,1-8H3;13-17H,9-12H2,1-8H3,(H,22,27);8-13H,7H2,1-6H3;10-13,15-16H,7-9H2,1-6H3/t;;;;13-/m....0/s1. The molecule has 0 aliphatic carbocycles. The van der Waals surface area contributed by atoms with Crippen LogP contribution in [0.15, 0.2) is 18.2 Å². The molecule has 0 heterocycles. The molecular formula is C97H176N8O14. The minimum absolute atomic E-state index is 0.0176. The van der Waals surface area contributed by atoms with Gasteiger partial charge in [-0.3, -0.25) is 76.9 Å². The van der Waals surface area contributed by atoms with E-state index in [0.29, 0.717) is 73.2 Å². The highest BCUT2D eigenvalue weighted by Gasteiger charge is 2.33. The Labute approximate surface area is 724 Å². The van der Waals surface area contributed by atoms with Gasteiger partial charge in [0.15, 0.2) is 40.5 Å². The van der Waals surface area contributed by atoms with E-state index in [2.05, 4.69) is 87.3 Å². The smallest absolute Gasteiger partial charge is 0.223 e. The molecule has 22 nitrogen and oxygen atoms in total. The van der Waals surface area contributed by atoms with Gasteiger partial charge in [0, 0.05) is 132 Å². The number of hydrogen-bond donors (Lipinski definition) is 6. The third-order valence-corrected chi connectivity index (χ3v) is 19.9. The van der Waals surface area contributed by atoms with Gasteiger partial charge in [0.1, 0.15) is 28.9 Å². The zero-order valence-electron chi connectivity index (χ0n) is 81.8. The van der Waals surface area contributed by atoms with Crippen molar-refractivity contribution in [3.8, 4) is 0 Å². The molecule has 0 fully saturated rings. The van der Waals surface area contributed by atoms with E-state index >= 15 is 0 Å². The summed E-state index contributed by atoms with van der Waals surface area (Å²) in [5, 5.41) is 19.0. The van der Waals surface area contributed by atoms with Gasteiger partial charge in [-0.2, -0.15) is 0 Å². The molecule has 1 aromatic carbocycles. The Kier molecular flexibility index (Phi) is 64.0. The molecule has 0 bridgehead atoms. The van der Waals surface area contributed by atoms with Crippen molar-refractivity contribution in [1.29, 1.82) is 0 Å². The predicted molar refractivity (Wildman–Crippen MR) is 489 cm³/mol. The van der Waals surface area contributed by atoms with Gasteiger partial charge in [0.05, 0.1) is 56.4 Å². The molecule has 688 valence electrons. The fourth-order valence-corrected chi connectivity index (χ4v) is 12.1. The van der Waals surface area contributed by atoms with Gasteiger partial charge >= 0.3 is 0 Å². The summed E-state index contributed by atoms with van der Waals surface area (Å²) in [6.07, 6.45) is 6.92. The summed E-state index contributed by atoms with van der Waals surface area (Å²) in [6.45, 7) is 72.1. The summed E-state index contributed by atoms with van der Waals surface area (Å²) in [6, 6.07) is 5.11. The van der Waals surface area contributed by atoms with E-state index in [1.54, 1.807) is 52.5 Å². The van der Waals surface area contributed by atoms with E-state index in [-0.39, 0.29) is 216 Å². The van der Waals surface area contributed by atoms with Crippen LogP contribution >= 0.6 is 0 Å². The molecule has 22 heteroatoms. The van der Waals surface area contributed by atoms with Crippen LogP contribution < -0.4 is 31.9 Å². The van der Waals surface area contributed by atoms with E-state index < -0.39 is 12.1 Å². The van der Waals surface area contributed by atoms with Gasteiger partial charge < -0.3 is 31.9 Å². The first-order valence-electron chi connectivity index (χ1n) is 45.4. The summed E-state index contributed by atoms with van der Waals surface area (Å²) >= 11 is 0. The maximum atomic E-state index is 12.9. The minimum atomic E-state index is -0.660. The van der Waals surface area contributed by atoms with Gasteiger partial charge in [-0.25, -0.2) is 0 Å². The van der Waals surface area contributed by atoms with Crippen molar-refractivity contribution in [3.63, 3.8) is 0 Å². The van der Waals surface area contributed by atoms with Gasteiger partial charge in [-0.15, -0.1) is 0 Å². The van der Waals surface area contributed by atoms with Gasteiger partial charge in [0.2, 0.25) is 11.8 Å². The predicted octanol–water partition coefficient (Wildman–Crippen LogP) is 16.0. The van der Waals surface area contributed by atoms with Crippen LogP contribution in [0, 0.1) is 82.9 Å². The third kappa shape index (κ3) is 55.7. The first-order chi connectivity index (χ1) is 54.7. The van der Waals surface area contributed by atoms with E-state index in [1.165, 1.54) is 0 Å². The van der Waals surface area contributed by atoms with Crippen molar-refractivity contribution in [3.05, 3.63) is 34.9 Å². The number of ketones is 12. The number of Topliss-reactive ketones (excluding diaryl/α,β-unsaturated/α-hetero) is 12. The average molecular weight is 1680 g/mol. The van der Waals surface area contributed by atoms with Crippen LogP contribution in [0.4, 0.5) is 0 Å². The van der Waals surface area contributed by atoms with Crippen molar-refractivity contribution < 1.29 is 67.1 Å². The summed E-state index contributed by atoms with van der Waals surface area (Å²) in [4.78, 5) is 176. The molecule has 0 aliphatic heterocycles. The maximum absolute atomic E-state index is 12.9. The molecule has 0 radical (unpaired) electrons. The first-order valence-corrected chi connectivity index (χ1v) is 45.4. The Morgan fingerprint density at radius 1 is 0.303 bits per heavy atom. The summed E-state index contributed by atoms with van der Waals surface area (Å²) in [5.74, 6) is -0.304. The molecule has 0 aromatic heterocycles. The molecule has 4 unspecified atom stereocenters. The number of carbonyl (C=O) groups is 14. The lowest BCUT2D eigenvalue weighted by Crippen LogP contribution is -2.49. The lowest BCUT2D eigenvalue weighted by molar-refractivity contribution is -0.133. The SMILES string of the molecule is CC(C)C(=O)CN(CCC(NC(=O)C(C)C)C(=O)C(C)C)CC(=O)C(C)C.CC(C)Cc1cc(C(=O)C(C)C)cc(C(=O)C(C)C)c1.CC(C)NC(CCC(=O)NC(CCC(=O)C(C)C)C(=O)C(C)C)C(=O)C(C)C.CC(C)NCCCCC(C(=O)C(C)C)N(CC(=O)C(C)C)CC(=O)C(C)C.CC(C)NCCC[C@H](NC(C)C)C(=O)C(C)C. The largest absolute Gasteiger partial charge is 0.346 e. The number of unbranched alkanes of at least 4 members (excludes halogenated alkanes) is 1. The fraction of sp³-hybridized carbons (Fsp3) is 0.794. The lowest BCUT2D eigenvalue weighted by atomic mass is 9.91. The zero-order chi connectivity index (χ0) is 93.3. The van der Waals surface area contributed by atoms with Gasteiger partial charge in [-0.05, 0) is 94.1 Å². The van der Waals surface area contributed by atoms with Gasteiger partial charge in [-0.1, -0.05) is 256 Å². The van der Waals surface area contributed by atoms with Crippen LogP contribution in [0.1, 0.15) is 340 Å². The Hall–Kier alpha value is -6.04. The van der Waals surface area contributed by atoms with Crippen molar-refractivity contribution in [2.24, 2.45) is 82.9 Å². The summed E-state index contributed by atoms with van der Waals surface area (Å²) in [7, 11) is 0. The topological polar surface area (TPSA) is 318 Å². The second-order valence-corrected chi connectivity index (χ2v) is 38.4. The Morgan fingerprint density at radius 2 is 0.647 bits per heavy atom. The minimum Gasteiger partial charge on any atom is -0.346 e. The number of benzene rings is 1. The molecule has 5 atom stereocenters. The molecule has 0 aliphatic rings. The van der Waals surface area contributed by atoms with Crippen LogP contribution in [-0.4, -0.2) is 191 Å². The van der Waals surface area contributed by atoms with Crippen molar-refractivity contribution in [1.82, 2.24) is 41.7 Å². The number of rotatable bonds is 57. The fourth-order valence-electron chi connectivity index (χ4n) is 12.1. The van der Waals surface area contributed by atoms with E-state index in [0.717, 1.165) is 50.8 Å². The van der Waals surface area contributed by atoms with E-state index in [9.17, 15) is 67.1 Å². The maximum Gasteiger partial charge on any atom is 0.223 e. The lowest BCUT2D eigenvalue weighted by Gasteiger charge is -2.32. The number of amides is 2. The Morgan fingerprint density at radius 3 is 0.983 bits per heavy atom. The van der Waals surface area contributed by atoms with Crippen molar-refractivity contribution in [2.75, 3.05) is 45.8 Å². The molecule has 6 N–H and O–H groups in total. The molecule has 2 amide bonds. The van der Waals surface area contributed by atoms with E-state index in [1.807, 2.05) is 169 Å². The molecule has 119 heavy (non-hydrogen) atoms. The first kappa shape index (κ1) is 119. The average Bonchev–Trinajstić information content (AvgIpc) is 0.844. The molecule has 0 saturated carbocycles. The Bertz CT molecular complexity index is 3110. The monoisotopic (exact) mass is 1680 g/mol. The quantitative estimate of drug-likeness (QED) is 0.0261. The normalized spacial score (nSPS) is 13.1. The second-order valence-electron chi connectivity index (χ2n) is 38.4.